The number of amides is 1. The summed E-state index contributed by atoms with van der Waals surface area (Å²) in [6.07, 6.45) is 0. The quantitative estimate of drug-likeness (QED) is 0.527. The Hall–Kier alpha value is -3.87. The van der Waals surface area contributed by atoms with Crippen molar-refractivity contribution in [3.63, 3.8) is 0 Å². The Balaban J connectivity index is 1.44. The molecule has 0 atom stereocenters. The Morgan fingerprint density at radius 1 is 1.00 bits per heavy atom. The van der Waals surface area contributed by atoms with Crippen molar-refractivity contribution in [1.82, 2.24) is 15.0 Å². The van der Waals surface area contributed by atoms with Crippen molar-refractivity contribution in [3.8, 4) is 17.0 Å². The van der Waals surface area contributed by atoms with Crippen LogP contribution in [0.5, 0.6) is 5.75 Å². The Morgan fingerprint density at radius 3 is 2.47 bits per heavy atom. The zero-order chi connectivity index (χ0) is 22.2. The van der Waals surface area contributed by atoms with Crippen LogP contribution in [0.25, 0.3) is 22.4 Å². The molecule has 2 aromatic heterocycles. The number of benzene rings is 2. The van der Waals surface area contributed by atoms with Gasteiger partial charge in [-0.05, 0) is 32.0 Å². The maximum absolute atomic E-state index is 13.6. The van der Waals surface area contributed by atoms with Crippen LogP contribution in [-0.4, -0.2) is 52.2 Å². The van der Waals surface area contributed by atoms with Gasteiger partial charge in [-0.25, -0.2) is 4.98 Å². The molecule has 5 rings (SSSR count). The fourth-order valence-electron chi connectivity index (χ4n) is 4.16. The zero-order valence-electron chi connectivity index (χ0n) is 18.1. The first-order valence-electron chi connectivity index (χ1n) is 10.7. The maximum atomic E-state index is 13.6. The smallest absolute Gasteiger partial charge is 0.259 e. The number of anilines is 1. The SMILES string of the molecule is Cc1ccc(-c2cc(C(=O)N3CCN(c4cccc(O)c4)CC3)c3c(C)noc3n2)cc1. The molecule has 3 heterocycles. The van der Waals surface area contributed by atoms with Crippen LogP contribution in [-0.2, 0) is 0 Å². The van der Waals surface area contributed by atoms with Gasteiger partial charge in [-0.2, -0.15) is 0 Å². The second kappa shape index (κ2) is 8.00. The summed E-state index contributed by atoms with van der Waals surface area (Å²) in [6, 6.07) is 17.1. The predicted molar refractivity (Wildman–Crippen MR) is 123 cm³/mol. The van der Waals surface area contributed by atoms with Crippen molar-refractivity contribution >= 4 is 22.7 Å². The van der Waals surface area contributed by atoms with E-state index in [4.69, 9.17) is 4.52 Å². The number of fused-ring (bicyclic) bond motifs is 1. The van der Waals surface area contributed by atoms with Crippen molar-refractivity contribution in [1.29, 1.82) is 0 Å². The molecule has 1 amide bonds. The van der Waals surface area contributed by atoms with E-state index >= 15 is 0 Å². The molecule has 7 heteroatoms. The third-order valence-electron chi connectivity index (χ3n) is 5.96. The molecule has 1 fully saturated rings. The van der Waals surface area contributed by atoms with Crippen LogP contribution in [0, 0.1) is 13.8 Å². The van der Waals surface area contributed by atoms with Gasteiger partial charge < -0.3 is 19.4 Å². The van der Waals surface area contributed by atoms with Crippen molar-refractivity contribution in [2.24, 2.45) is 0 Å². The van der Waals surface area contributed by atoms with Crippen LogP contribution < -0.4 is 4.90 Å². The molecule has 0 bridgehead atoms. The van der Waals surface area contributed by atoms with E-state index in [0.29, 0.717) is 54.2 Å². The van der Waals surface area contributed by atoms with Crippen LogP contribution in [0.1, 0.15) is 21.6 Å². The molecule has 4 aromatic rings. The molecule has 0 radical (unpaired) electrons. The summed E-state index contributed by atoms with van der Waals surface area (Å²) in [5.74, 6) is 0.194. The molecule has 1 aliphatic rings. The third kappa shape index (κ3) is 3.66. The average Bonchev–Trinajstić information content (AvgIpc) is 3.19. The molecule has 1 N–H and O–H groups in total. The number of carbonyl (C=O) groups is 1. The molecular formula is C25H24N4O3. The number of aryl methyl sites for hydroxylation is 2. The van der Waals surface area contributed by atoms with E-state index in [1.807, 2.05) is 61.2 Å². The van der Waals surface area contributed by atoms with E-state index in [-0.39, 0.29) is 11.7 Å². The van der Waals surface area contributed by atoms with Gasteiger partial charge in [-0.3, -0.25) is 4.79 Å². The molecule has 7 nitrogen and oxygen atoms in total. The van der Waals surface area contributed by atoms with Gasteiger partial charge in [0.15, 0.2) is 0 Å². The molecule has 1 saturated heterocycles. The number of pyridine rings is 1. The molecule has 0 aliphatic carbocycles. The number of phenolic OH excluding ortho intramolecular Hbond substituents is 1. The van der Waals surface area contributed by atoms with Crippen LogP contribution in [0.15, 0.2) is 59.1 Å². The first-order chi connectivity index (χ1) is 15.5. The van der Waals surface area contributed by atoms with Gasteiger partial charge in [-0.1, -0.05) is 41.1 Å². The van der Waals surface area contributed by atoms with Crippen LogP contribution >= 0.6 is 0 Å². The fraction of sp³-hybridized carbons (Fsp3) is 0.240. The summed E-state index contributed by atoms with van der Waals surface area (Å²) < 4.78 is 5.44. The van der Waals surface area contributed by atoms with Gasteiger partial charge in [0.2, 0.25) is 0 Å². The first kappa shape index (κ1) is 20.1. The Labute approximate surface area is 185 Å². The highest BCUT2D eigenvalue weighted by atomic mass is 16.5. The van der Waals surface area contributed by atoms with E-state index in [1.165, 1.54) is 0 Å². The van der Waals surface area contributed by atoms with Crippen molar-refractivity contribution in [3.05, 3.63) is 71.4 Å². The van der Waals surface area contributed by atoms with E-state index in [0.717, 1.165) is 16.8 Å². The van der Waals surface area contributed by atoms with Gasteiger partial charge in [0.1, 0.15) is 5.75 Å². The van der Waals surface area contributed by atoms with E-state index in [9.17, 15) is 9.90 Å². The summed E-state index contributed by atoms with van der Waals surface area (Å²) in [4.78, 5) is 22.2. The minimum Gasteiger partial charge on any atom is -0.508 e. The molecule has 0 spiro atoms. The number of carbonyl (C=O) groups excluding carboxylic acids is 1. The minimum atomic E-state index is -0.0485. The molecule has 32 heavy (non-hydrogen) atoms. The third-order valence-corrected chi connectivity index (χ3v) is 5.96. The number of hydrogen-bond donors (Lipinski definition) is 1. The fourth-order valence-corrected chi connectivity index (χ4v) is 4.16. The number of aromatic hydroxyl groups is 1. The van der Waals surface area contributed by atoms with Gasteiger partial charge in [0.25, 0.3) is 11.6 Å². The number of rotatable bonds is 3. The largest absolute Gasteiger partial charge is 0.508 e. The van der Waals surface area contributed by atoms with E-state index in [2.05, 4.69) is 15.0 Å². The number of piperazine rings is 1. The average molecular weight is 428 g/mol. The predicted octanol–water partition coefficient (Wildman–Crippen LogP) is 4.17. The lowest BCUT2D eigenvalue weighted by Gasteiger charge is -2.36. The normalized spacial score (nSPS) is 14.2. The van der Waals surface area contributed by atoms with Gasteiger partial charge in [-0.15, -0.1) is 0 Å². The summed E-state index contributed by atoms with van der Waals surface area (Å²) in [5.41, 5.74) is 5.33. The highest BCUT2D eigenvalue weighted by Gasteiger charge is 2.26. The van der Waals surface area contributed by atoms with Gasteiger partial charge in [0, 0.05) is 43.5 Å². The highest BCUT2D eigenvalue weighted by molar-refractivity contribution is 6.07. The Bertz CT molecular complexity index is 1290. The minimum absolute atomic E-state index is 0.0485. The maximum Gasteiger partial charge on any atom is 0.259 e. The molecule has 1 aliphatic heterocycles. The number of aromatic nitrogens is 2. The lowest BCUT2D eigenvalue weighted by atomic mass is 10.0. The summed E-state index contributed by atoms with van der Waals surface area (Å²) in [5, 5.41) is 14.5. The molecular weight excluding hydrogens is 404 g/mol. The van der Waals surface area contributed by atoms with Crippen LogP contribution in [0.2, 0.25) is 0 Å². The van der Waals surface area contributed by atoms with Crippen molar-refractivity contribution in [2.45, 2.75) is 13.8 Å². The number of phenols is 1. The second-order valence-corrected chi connectivity index (χ2v) is 8.17. The van der Waals surface area contributed by atoms with Crippen molar-refractivity contribution in [2.75, 3.05) is 31.1 Å². The van der Waals surface area contributed by atoms with Gasteiger partial charge in [0.05, 0.1) is 22.3 Å². The second-order valence-electron chi connectivity index (χ2n) is 8.17. The monoisotopic (exact) mass is 428 g/mol. The lowest BCUT2D eigenvalue weighted by molar-refractivity contribution is 0.0748. The van der Waals surface area contributed by atoms with Crippen LogP contribution in [0.3, 0.4) is 0 Å². The highest BCUT2D eigenvalue weighted by Crippen LogP contribution is 2.29. The Morgan fingerprint density at radius 2 is 1.75 bits per heavy atom. The molecule has 0 saturated carbocycles. The lowest BCUT2D eigenvalue weighted by Crippen LogP contribution is -2.48. The first-order valence-corrected chi connectivity index (χ1v) is 10.7. The van der Waals surface area contributed by atoms with E-state index in [1.54, 1.807) is 12.1 Å². The molecule has 2 aromatic carbocycles. The van der Waals surface area contributed by atoms with Crippen LogP contribution in [0.4, 0.5) is 5.69 Å². The summed E-state index contributed by atoms with van der Waals surface area (Å²) in [6.45, 7) is 6.42. The number of nitrogens with zero attached hydrogens (tertiary/aromatic N) is 4. The Kier molecular flexibility index (Phi) is 5.01. The summed E-state index contributed by atoms with van der Waals surface area (Å²) >= 11 is 0. The molecule has 0 unspecified atom stereocenters. The standard InChI is InChI=1S/C25H24N4O3/c1-16-6-8-18(9-7-16)22-15-21(23-17(2)27-32-24(23)26-22)25(31)29-12-10-28(11-13-29)19-4-3-5-20(30)14-19/h3-9,14-15,30H,10-13H2,1-2H3. The molecule has 162 valence electrons. The van der Waals surface area contributed by atoms with E-state index < -0.39 is 0 Å². The van der Waals surface area contributed by atoms with Gasteiger partial charge >= 0.3 is 0 Å². The number of hydrogen-bond acceptors (Lipinski definition) is 6. The van der Waals surface area contributed by atoms with Crippen molar-refractivity contribution < 1.29 is 14.4 Å². The topological polar surface area (TPSA) is 82.7 Å². The summed E-state index contributed by atoms with van der Waals surface area (Å²) in [7, 11) is 0. The zero-order valence-corrected chi connectivity index (χ0v) is 18.1.